The summed E-state index contributed by atoms with van der Waals surface area (Å²) < 4.78 is 5.22. The predicted octanol–water partition coefficient (Wildman–Crippen LogP) is 3.84. The van der Waals surface area contributed by atoms with Crippen LogP contribution >= 0.6 is 0 Å². The molecule has 1 aliphatic rings. The molecule has 0 bridgehead atoms. The van der Waals surface area contributed by atoms with Crippen molar-refractivity contribution in [1.82, 2.24) is 5.32 Å². The smallest absolute Gasteiger partial charge is 0.258 e. The molecule has 4 rings (SSSR count). The van der Waals surface area contributed by atoms with Gasteiger partial charge in [-0.2, -0.15) is 0 Å². The predicted molar refractivity (Wildman–Crippen MR) is 142 cm³/mol. The van der Waals surface area contributed by atoms with Crippen LogP contribution in [-0.4, -0.2) is 42.6 Å². The topological polar surface area (TPSA) is 99.2 Å². The number of anilines is 2. The zero-order chi connectivity index (χ0) is 26.5. The third-order valence-electron chi connectivity index (χ3n) is 6.59. The molecule has 0 radical (unpaired) electrons. The van der Waals surface area contributed by atoms with Gasteiger partial charge in [-0.15, -0.1) is 0 Å². The van der Waals surface area contributed by atoms with Crippen LogP contribution in [0.15, 0.2) is 72.8 Å². The van der Waals surface area contributed by atoms with Crippen LogP contribution in [0.1, 0.15) is 47.8 Å². The van der Waals surface area contributed by atoms with Gasteiger partial charge >= 0.3 is 0 Å². The number of para-hydroxylation sites is 1. The quantitative estimate of drug-likeness (QED) is 0.513. The summed E-state index contributed by atoms with van der Waals surface area (Å²) in [4.78, 5) is 41.7. The minimum atomic E-state index is -0.582. The summed E-state index contributed by atoms with van der Waals surface area (Å²) in [6.07, 6.45) is 0.546. The summed E-state index contributed by atoms with van der Waals surface area (Å²) in [5, 5.41) is 11.6. The number of benzene rings is 3. The van der Waals surface area contributed by atoms with E-state index in [-0.39, 0.29) is 30.4 Å². The van der Waals surface area contributed by atoms with E-state index in [0.717, 1.165) is 16.8 Å². The molecule has 0 unspecified atom stereocenters. The lowest BCUT2D eigenvalue weighted by molar-refractivity contribution is -0.124. The SMILES string of the molecule is COc1ccc(C(=O)N2c3ccccc3[C@H](N(C(C)=O)c3cccc(CNC(=O)CO)c3)C[C@@H]2C)cc1. The first-order valence-corrected chi connectivity index (χ1v) is 12.2. The number of ether oxygens (including phenoxy) is 1. The minimum absolute atomic E-state index is 0.114. The third-order valence-corrected chi connectivity index (χ3v) is 6.59. The number of aliphatic hydroxyl groups is 1. The van der Waals surface area contributed by atoms with Gasteiger partial charge in [0.05, 0.1) is 13.2 Å². The lowest BCUT2D eigenvalue weighted by Gasteiger charge is -2.43. The van der Waals surface area contributed by atoms with Gasteiger partial charge in [0.1, 0.15) is 12.4 Å². The van der Waals surface area contributed by atoms with Crippen LogP contribution in [0.5, 0.6) is 5.75 Å². The number of rotatable bonds is 7. The Morgan fingerprint density at radius 3 is 2.46 bits per heavy atom. The zero-order valence-corrected chi connectivity index (χ0v) is 21.2. The van der Waals surface area contributed by atoms with Crippen molar-refractivity contribution in [2.75, 3.05) is 23.5 Å². The highest BCUT2D eigenvalue weighted by Crippen LogP contribution is 2.42. The van der Waals surface area contributed by atoms with Crippen LogP contribution in [0.2, 0.25) is 0 Å². The molecule has 8 nitrogen and oxygen atoms in total. The molecule has 0 fully saturated rings. The van der Waals surface area contributed by atoms with E-state index in [4.69, 9.17) is 9.84 Å². The Balaban J connectivity index is 1.69. The lowest BCUT2D eigenvalue weighted by Crippen LogP contribution is -2.47. The normalized spacial score (nSPS) is 16.5. The largest absolute Gasteiger partial charge is 0.497 e. The summed E-state index contributed by atoms with van der Waals surface area (Å²) in [7, 11) is 1.58. The molecule has 1 heterocycles. The average Bonchev–Trinajstić information content (AvgIpc) is 2.91. The van der Waals surface area contributed by atoms with E-state index in [2.05, 4.69) is 5.32 Å². The first-order chi connectivity index (χ1) is 17.8. The van der Waals surface area contributed by atoms with E-state index in [9.17, 15) is 14.4 Å². The van der Waals surface area contributed by atoms with E-state index in [1.54, 1.807) is 41.2 Å². The van der Waals surface area contributed by atoms with Gasteiger partial charge in [-0.25, -0.2) is 0 Å². The maximum Gasteiger partial charge on any atom is 0.258 e. The highest BCUT2D eigenvalue weighted by atomic mass is 16.5. The molecule has 2 atom stereocenters. The number of hydrogen-bond donors (Lipinski definition) is 2. The van der Waals surface area contributed by atoms with E-state index < -0.39 is 12.5 Å². The van der Waals surface area contributed by atoms with Crippen molar-refractivity contribution >= 4 is 29.1 Å². The second-order valence-electron chi connectivity index (χ2n) is 9.06. The molecule has 2 N–H and O–H groups in total. The Hall–Kier alpha value is -4.17. The first-order valence-electron chi connectivity index (χ1n) is 12.2. The van der Waals surface area contributed by atoms with Gasteiger partial charge in [-0.05, 0) is 66.9 Å². The number of carbonyl (C=O) groups is 3. The van der Waals surface area contributed by atoms with E-state index in [1.165, 1.54) is 6.92 Å². The van der Waals surface area contributed by atoms with Crippen molar-refractivity contribution in [3.63, 3.8) is 0 Å². The lowest BCUT2D eigenvalue weighted by atomic mass is 9.89. The number of fused-ring (bicyclic) bond motifs is 1. The standard InChI is InChI=1S/C29H31N3O5/c1-19-15-27(32(20(2)34)23-8-6-7-21(16-23)17-30-28(35)18-33)25-9-4-5-10-26(25)31(19)29(36)22-11-13-24(37-3)14-12-22/h4-14,16,19,27,33H,15,17-18H2,1-3H3,(H,30,35)/t19-,27+/m0/s1. The van der Waals surface area contributed by atoms with Gasteiger partial charge in [-0.1, -0.05) is 30.3 Å². The Morgan fingerprint density at radius 1 is 1.05 bits per heavy atom. The third kappa shape index (κ3) is 5.49. The molecule has 3 amide bonds. The number of carbonyl (C=O) groups excluding carboxylic acids is 3. The van der Waals surface area contributed by atoms with Crippen molar-refractivity contribution in [2.45, 2.75) is 38.9 Å². The molecule has 0 aromatic heterocycles. The van der Waals surface area contributed by atoms with Crippen molar-refractivity contribution in [1.29, 1.82) is 0 Å². The highest BCUT2D eigenvalue weighted by molar-refractivity contribution is 6.07. The summed E-state index contributed by atoms with van der Waals surface area (Å²) in [6, 6.07) is 21.7. The van der Waals surface area contributed by atoms with Crippen molar-refractivity contribution in [3.05, 3.63) is 89.5 Å². The Labute approximate surface area is 216 Å². The molecule has 8 heteroatoms. The van der Waals surface area contributed by atoms with Crippen molar-refractivity contribution in [2.24, 2.45) is 0 Å². The summed E-state index contributed by atoms with van der Waals surface area (Å²) in [6.45, 7) is 3.18. The van der Waals surface area contributed by atoms with Crippen molar-refractivity contribution < 1.29 is 24.2 Å². The van der Waals surface area contributed by atoms with Crippen LogP contribution in [-0.2, 0) is 16.1 Å². The minimum Gasteiger partial charge on any atom is -0.497 e. The molecule has 0 saturated heterocycles. The molecular weight excluding hydrogens is 470 g/mol. The number of aliphatic hydroxyl groups excluding tert-OH is 1. The van der Waals surface area contributed by atoms with Gasteiger partial charge in [0.2, 0.25) is 11.8 Å². The maximum absolute atomic E-state index is 13.6. The fourth-order valence-electron chi connectivity index (χ4n) is 4.86. The Bertz CT molecular complexity index is 1290. The summed E-state index contributed by atoms with van der Waals surface area (Å²) in [5.41, 5.74) is 3.72. The molecular formula is C29H31N3O5. The van der Waals surface area contributed by atoms with Gasteiger partial charge < -0.3 is 25.0 Å². The molecule has 37 heavy (non-hydrogen) atoms. The highest BCUT2D eigenvalue weighted by Gasteiger charge is 2.38. The molecule has 0 aliphatic carbocycles. The molecule has 3 aromatic rings. The van der Waals surface area contributed by atoms with Gasteiger partial charge in [0, 0.05) is 36.4 Å². The molecule has 0 saturated carbocycles. The average molecular weight is 502 g/mol. The van der Waals surface area contributed by atoms with Gasteiger partial charge in [-0.3, -0.25) is 14.4 Å². The Morgan fingerprint density at radius 2 is 1.78 bits per heavy atom. The van der Waals surface area contributed by atoms with Crippen LogP contribution in [0.3, 0.4) is 0 Å². The fourth-order valence-corrected chi connectivity index (χ4v) is 4.86. The number of amides is 3. The first kappa shape index (κ1) is 25.9. The van der Waals surface area contributed by atoms with Crippen LogP contribution in [0, 0.1) is 0 Å². The second-order valence-corrected chi connectivity index (χ2v) is 9.06. The number of nitrogens with zero attached hydrogens (tertiary/aromatic N) is 2. The molecule has 192 valence electrons. The second kappa shape index (κ2) is 11.3. The van der Waals surface area contributed by atoms with E-state index in [0.29, 0.717) is 23.4 Å². The molecule has 3 aromatic carbocycles. The maximum atomic E-state index is 13.6. The molecule has 0 spiro atoms. The summed E-state index contributed by atoms with van der Waals surface area (Å²) >= 11 is 0. The number of nitrogens with one attached hydrogen (secondary N) is 1. The monoisotopic (exact) mass is 501 g/mol. The summed E-state index contributed by atoms with van der Waals surface area (Å²) in [5.74, 6) is -0.0278. The van der Waals surface area contributed by atoms with Gasteiger partial charge in [0.15, 0.2) is 0 Å². The number of methoxy groups -OCH3 is 1. The zero-order valence-electron chi connectivity index (χ0n) is 21.2. The Kier molecular flexibility index (Phi) is 7.89. The van der Waals surface area contributed by atoms with Crippen LogP contribution in [0.25, 0.3) is 0 Å². The van der Waals surface area contributed by atoms with Crippen LogP contribution < -0.4 is 19.9 Å². The van der Waals surface area contributed by atoms with Crippen LogP contribution in [0.4, 0.5) is 11.4 Å². The van der Waals surface area contributed by atoms with E-state index in [1.807, 2.05) is 55.5 Å². The van der Waals surface area contributed by atoms with E-state index >= 15 is 0 Å². The van der Waals surface area contributed by atoms with Gasteiger partial charge in [0.25, 0.3) is 5.91 Å². The number of hydrogen-bond acceptors (Lipinski definition) is 5. The fraction of sp³-hybridized carbons (Fsp3) is 0.276. The molecule has 1 aliphatic heterocycles. The van der Waals surface area contributed by atoms with Crippen molar-refractivity contribution in [3.8, 4) is 5.75 Å².